The number of β-amino-alcohol motifs (C(OH)–C–C–N with tert-alkyl or cyclic N) is 1. The Bertz CT molecular complexity index is 538. The largest absolute Gasteiger partial charge is 0.388 e. The highest BCUT2D eigenvalue weighted by Crippen LogP contribution is 2.35. The number of aliphatic hydroxyl groups is 1. The molecule has 1 N–H and O–H groups in total. The van der Waals surface area contributed by atoms with E-state index >= 15 is 0 Å². The van der Waals surface area contributed by atoms with Crippen molar-refractivity contribution in [3.63, 3.8) is 0 Å². The maximum absolute atomic E-state index is 12.3. The van der Waals surface area contributed by atoms with Gasteiger partial charge in [-0.1, -0.05) is 25.5 Å². The number of nitrogens with zero attached hydrogens (tertiary/aromatic N) is 1. The van der Waals surface area contributed by atoms with E-state index in [1.807, 2.05) is 0 Å². The molecule has 2 amide bonds. The molecule has 0 radical (unpaired) electrons. The van der Waals surface area contributed by atoms with Crippen molar-refractivity contribution in [2.45, 2.75) is 44.6 Å². The zero-order valence-electron chi connectivity index (χ0n) is 12.3. The zero-order chi connectivity index (χ0) is 15.0. The Balaban J connectivity index is 1.75. The fourth-order valence-electron chi connectivity index (χ4n) is 3.46. The van der Waals surface area contributed by atoms with Crippen LogP contribution < -0.4 is 0 Å². The van der Waals surface area contributed by atoms with Crippen LogP contribution in [0.4, 0.5) is 0 Å². The molecule has 0 bridgehead atoms. The van der Waals surface area contributed by atoms with Crippen LogP contribution in [0.1, 0.15) is 59.7 Å². The van der Waals surface area contributed by atoms with Crippen molar-refractivity contribution >= 4 is 11.8 Å². The number of amides is 2. The highest BCUT2D eigenvalue weighted by atomic mass is 16.3. The highest BCUT2D eigenvalue weighted by molar-refractivity contribution is 6.21. The van der Waals surface area contributed by atoms with Gasteiger partial charge in [0.1, 0.15) is 0 Å². The van der Waals surface area contributed by atoms with Gasteiger partial charge in [0.25, 0.3) is 11.8 Å². The average molecular weight is 287 g/mol. The molecule has 1 saturated carbocycles. The van der Waals surface area contributed by atoms with Gasteiger partial charge in [-0.25, -0.2) is 0 Å². The van der Waals surface area contributed by atoms with Gasteiger partial charge in [-0.15, -0.1) is 0 Å². The Morgan fingerprint density at radius 2 is 1.67 bits per heavy atom. The number of carbonyl (C=O) groups excluding carboxylic acids is 2. The van der Waals surface area contributed by atoms with Crippen molar-refractivity contribution in [2.24, 2.45) is 5.92 Å². The van der Waals surface area contributed by atoms with Gasteiger partial charge >= 0.3 is 0 Å². The van der Waals surface area contributed by atoms with Crippen LogP contribution in [0, 0.1) is 5.92 Å². The molecule has 1 fully saturated rings. The first-order valence-corrected chi connectivity index (χ1v) is 7.72. The summed E-state index contributed by atoms with van der Waals surface area (Å²) in [6, 6.07) is 6.87. The Hall–Kier alpha value is -1.68. The van der Waals surface area contributed by atoms with Crippen molar-refractivity contribution in [3.8, 4) is 0 Å². The lowest BCUT2D eigenvalue weighted by Gasteiger charge is -2.37. The number of hydrogen-bond acceptors (Lipinski definition) is 3. The number of carbonyl (C=O) groups is 2. The first kappa shape index (κ1) is 14.3. The fraction of sp³-hybridized carbons (Fsp3) is 0.529. The Morgan fingerprint density at radius 3 is 2.14 bits per heavy atom. The predicted molar refractivity (Wildman–Crippen MR) is 79.0 cm³/mol. The van der Waals surface area contributed by atoms with E-state index in [2.05, 4.69) is 6.92 Å². The molecule has 1 heterocycles. The van der Waals surface area contributed by atoms with Crippen LogP contribution in [0.5, 0.6) is 0 Å². The second-order valence-corrected chi connectivity index (χ2v) is 6.32. The van der Waals surface area contributed by atoms with E-state index in [0.717, 1.165) is 19.3 Å². The van der Waals surface area contributed by atoms with Crippen LogP contribution in [-0.2, 0) is 0 Å². The van der Waals surface area contributed by atoms with E-state index in [4.69, 9.17) is 0 Å². The lowest BCUT2D eigenvalue weighted by molar-refractivity contribution is -0.0281. The van der Waals surface area contributed by atoms with Gasteiger partial charge in [-0.05, 0) is 43.7 Å². The molecule has 4 heteroatoms. The van der Waals surface area contributed by atoms with Crippen molar-refractivity contribution < 1.29 is 14.7 Å². The van der Waals surface area contributed by atoms with Crippen molar-refractivity contribution in [2.75, 3.05) is 6.54 Å². The van der Waals surface area contributed by atoms with Crippen LogP contribution in [0.15, 0.2) is 24.3 Å². The van der Waals surface area contributed by atoms with Gasteiger partial charge in [0.2, 0.25) is 0 Å². The van der Waals surface area contributed by atoms with E-state index in [0.29, 0.717) is 29.9 Å². The molecule has 0 atom stereocenters. The molecule has 0 aromatic heterocycles. The Labute approximate surface area is 124 Å². The van der Waals surface area contributed by atoms with E-state index in [1.54, 1.807) is 24.3 Å². The lowest BCUT2D eigenvalue weighted by atomic mass is 9.77. The van der Waals surface area contributed by atoms with E-state index in [9.17, 15) is 14.7 Å². The maximum atomic E-state index is 12.3. The second kappa shape index (κ2) is 5.26. The maximum Gasteiger partial charge on any atom is 0.261 e. The minimum Gasteiger partial charge on any atom is -0.388 e. The number of rotatable bonds is 3. The Kier molecular flexibility index (Phi) is 3.57. The monoisotopic (exact) mass is 287 g/mol. The summed E-state index contributed by atoms with van der Waals surface area (Å²) >= 11 is 0. The topological polar surface area (TPSA) is 57.6 Å². The first-order valence-electron chi connectivity index (χ1n) is 7.72. The summed E-state index contributed by atoms with van der Waals surface area (Å²) in [5.41, 5.74) is -0.0133. The van der Waals surface area contributed by atoms with Crippen LogP contribution in [0.2, 0.25) is 0 Å². The number of benzene rings is 1. The van der Waals surface area contributed by atoms with E-state index in [-0.39, 0.29) is 18.4 Å². The number of hydrogen-bond donors (Lipinski definition) is 1. The van der Waals surface area contributed by atoms with Gasteiger partial charge in [0.15, 0.2) is 0 Å². The second-order valence-electron chi connectivity index (χ2n) is 6.32. The normalized spacial score (nSPS) is 28.9. The van der Waals surface area contributed by atoms with Crippen molar-refractivity contribution in [1.29, 1.82) is 0 Å². The molecule has 1 aromatic rings. The standard InChI is InChI=1S/C17H21NO3/c1-2-12-7-9-17(21,10-8-12)11-18-15(19)13-5-3-4-6-14(13)16(18)20/h3-6,12,21H,2,7-11H2,1H3. The fourth-order valence-corrected chi connectivity index (χ4v) is 3.46. The minimum absolute atomic E-state index is 0.121. The third-order valence-corrected chi connectivity index (χ3v) is 4.94. The van der Waals surface area contributed by atoms with Crippen molar-refractivity contribution in [1.82, 2.24) is 4.90 Å². The molecule has 3 rings (SSSR count). The van der Waals surface area contributed by atoms with Crippen LogP contribution >= 0.6 is 0 Å². The molecule has 1 aliphatic heterocycles. The molecule has 4 nitrogen and oxygen atoms in total. The molecule has 21 heavy (non-hydrogen) atoms. The SMILES string of the molecule is CCC1CCC(O)(CN2C(=O)c3ccccc3C2=O)CC1. The molecule has 2 aliphatic rings. The third kappa shape index (κ3) is 2.48. The summed E-state index contributed by atoms with van der Waals surface area (Å²) in [6.07, 6.45) is 4.40. The molecule has 0 spiro atoms. The molecule has 1 aromatic carbocycles. The average Bonchev–Trinajstić information content (AvgIpc) is 2.74. The van der Waals surface area contributed by atoms with Crippen molar-refractivity contribution in [3.05, 3.63) is 35.4 Å². The molecule has 112 valence electrons. The summed E-state index contributed by atoms with van der Waals surface area (Å²) in [6.45, 7) is 2.29. The third-order valence-electron chi connectivity index (χ3n) is 4.94. The minimum atomic E-state index is -0.918. The van der Waals surface area contributed by atoms with E-state index < -0.39 is 5.60 Å². The summed E-state index contributed by atoms with van der Waals surface area (Å²) in [5, 5.41) is 10.7. The molecule has 0 saturated heterocycles. The Morgan fingerprint density at radius 1 is 1.14 bits per heavy atom. The van der Waals surface area contributed by atoms with Crippen LogP contribution in [-0.4, -0.2) is 34.0 Å². The predicted octanol–water partition coefficient (Wildman–Crippen LogP) is 2.61. The van der Waals surface area contributed by atoms with Crippen LogP contribution in [0.3, 0.4) is 0 Å². The molecule has 0 unspecified atom stereocenters. The van der Waals surface area contributed by atoms with E-state index in [1.165, 1.54) is 4.90 Å². The molecular weight excluding hydrogens is 266 g/mol. The van der Waals surface area contributed by atoms with Gasteiger partial charge in [0, 0.05) is 0 Å². The number of fused-ring (bicyclic) bond motifs is 1. The molecular formula is C17H21NO3. The van der Waals surface area contributed by atoms with Crippen LogP contribution in [0.25, 0.3) is 0 Å². The summed E-state index contributed by atoms with van der Waals surface area (Å²) in [5.74, 6) is 0.107. The quantitative estimate of drug-likeness (QED) is 0.869. The summed E-state index contributed by atoms with van der Waals surface area (Å²) < 4.78 is 0. The summed E-state index contributed by atoms with van der Waals surface area (Å²) in [7, 11) is 0. The summed E-state index contributed by atoms with van der Waals surface area (Å²) in [4.78, 5) is 25.9. The smallest absolute Gasteiger partial charge is 0.261 e. The van der Waals surface area contributed by atoms with Gasteiger partial charge < -0.3 is 5.11 Å². The zero-order valence-corrected chi connectivity index (χ0v) is 12.3. The molecule has 1 aliphatic carbocycles. The first-order chi connectivity index (χ1) is 10.0. The highest BCUT2D eigenvalue weighted by Gasteiger charge is 2.42. The number of imide groups is 1. The lowest BCUT2D eigenvalue weighted by Crippen LogP contribution is -2.47. The van der Waals surface area contributed by atoms with Gasteiger partial charge in [-0.3, -0.25) is 14.5 Å². The van der Waals surface area contributed by atoms with Gasteiger partial charge in [0.05, 0.1) is 23.3 Å². The van der Waals surface area contributed by atoms with Gasteiger partial charge in [-0.2, -0.15) is 0 Å².